The van der Waals surface area contributed by atoms with E-state index in [2.05, 4.69) is 9.88 Å². The Morgan fingerprint density at radius 3 is 2.59 bits per heavy atom. The summed E-state index contributed by atoms with van der Waals surface area (Å²) in [5.74, 6) is 0.0802. The Bertz CT molecular complexity index is 1040. The van der Waals surface area contributed by atoms with E-state index in [9.17, 15) is 13.2 Å². The quantitative estimate of drug-likeness (QED) is 0.597. The van der Waals surface area contributed by atoms with Crippen molar-refractivity contribution in [1.29, 1.82) is 0 Å². The largest absolute Gasteiger partial charge is 0.462 e. The fourth-order valence-corrected chi connectivity index (χ4v) is 4.52. The number of carbonyl (C=O) groups is 1. The van der Waals surface area contributed by atoms with Crippen LogP contribution in [-0.2, 0) is 21.2 Å². The molecule has 0 atom stereocenters. The van der Waals surface area contributed by atoms with Crippen LogP contribution < -0.4 is 4.72 Å². The number of aromatic nitrogens is 1. The van der Waals surface area contributed by atoms with Crippen LogP contribution in [0.2, 0.25) is 0 Å². The second-order valence-electron chi connectivity index (χ2n) is 5.59. The molecule has 0 aliphatic rings. The van der Waals surface area contributed by atoms with Crippen molar-refractivity contribution >= 4 is 33.0 Å². The van der Waals surface area contributed by atoms with Crippen LogP contribution in [0.4, 0.5) is 5.69 Å². The molecule has 0 unspecified atom stereocenters. The molecule has 9 heteroatoms. The topological polar surface area (TPSA) is 98.5 Å². The second kappa shape index (κ2) is 7.93. The first-order valence-corrected chi connectivity index (χ1v) is 10.6. The van der Waals surface area contributed by atoms with Crippen LogP contribution in [0.15, 0.2) is 50.5 Å². The third-order valence-electron chi connectivity index (χ3n) is 3.69. The number of thiophene rings is 1. The predicted molar refractivity (Wildman–Crippen MR) is 102 cm³/mol. The molecule has 0 bridgehead atoms. The third kappa shape index (κ3) is 4.37. The van der Waals surface area contributed by atoms with Gasteiger partial charge in [-0.05, 0) is 43.7 Å². The van der Waals surface area contributed by atoms with Gasteiger partial charge in [-0.15, -0.1) is 11.3 Å². The fourth-order valence-electron chi connectivity index (χ4n) is 2.30. The Balaban J connectivity index is 1.76. The van der Waals surface area contributed by atoms with Gasteiger partial charge in [-0.2, -0.15) is 0 Å². The highest BCUT2D eigenvalue weighted by molar-refractivity contribution is 7.94. The summed E-state index contributed by atoms with van der Waals surface area (Å²) >= 11 is 1.09. The number of anilines is 1. The second-order valence-corrected chi connectivity index (χ2v) is 8.41. The maximum absolute atomic E-state index is 12.6. The number of benzene rings is 1. The molecule has 1 N–H and O–H groups in total. The summed E-state index contributed by atoms with van der Waals surface area (Å²) in [5.41, 5.74) is 2.17. The minimum atomic E-state index is -3.75. The number of aryl methyl sites for hydroxylation is 1. The minimum absolute atomic E-state index is 0.154. The van der Waals surface area contributed by atoms with Crippen molar-refractivity contribution < 1.29 is 22.5 Å². The average molecular weight is 406 g/mol. The molecule has 7 nitrogen and oxygen atoms in total. The van der Waals surface area contributed by atoms with E-state index in [-0.39, 0.29) is 10.8 Å². The van der Waals surface area contributed by atoms with E-state index in [4.69, 9.17) is 9.26 Å². The monoisotopic (exact) mass is 406 g/mol. The number of hydrogen-bond acceptors (Lipinski definition) is 7. The van der Waals surface area contributed by atoms with Crippen molar-refractivity contribution in [1.82, 2.24) is 5.16 Å². The van der Waals surface area contributed by atoms with E-state index in [1.807, 2.05) is 6.92 Å². The lowest BCUT2D eigenvalue weighted by Crippen LogP contribution is -2.11. The highest BCUT2D eigenvalue weighted by Gasteiger charge is 2.19. The van der Waals surface area contributed by atoms with Gasteiger partial charge >= 0.3 is 5.97 Å². The van der Waals surface area contributed by atoms with Gasteiger partial charge in [-0.1, -0.05) is 12.1 Å². The standard InChI is InChI=1S/C18H18N2O5S2/c1-3-14-10-16(25-19-14)13-9-17(26-11-13)27(22,23)20-15-7-5-12(6-8-15)18(21)24-4-2/h5-11,20H,3-4H2,1-2H3. The van der Waals surface area contributed by atoms with Gasteiger partial charge in [0.1, 0.15) is 4.21 Å². The van der Waals surface area contributed by atoms with E-state index in [1.165, 1.54) is 24.3 Å². The SMILES string of the molecule is CCOC(=O)c1ccc(NS(=O)(=O)c2cc(-c3cc(CC)no3)cs2)cc1. The van der Waals surface area contributed by atoms with Crippen molar-refractivity contribution in [3.8, 4) is 11.3 Å². The molecule has 0 aliphatic carbocycles. The molecular formula is C18H18N2O5S2. The minimum Gasteiger partial charge on any atom is -0.462 e. The van der Waals surface area contributed by atoms with Crippen molar-refractivity contribution in [2.45, 2.75) is 24.5 Å². The van der Waals surface area contributed by atoms with Crippen LogP contribution in [0.1, 0.15) is 29.9 Å². The van der Waals surface area contributed by atoms with Crippen molar-refractivity contribution in [3.63, 3.8) is 0 Å². The highest BCUT2D eigenvalue weighted by Crippen LogP contribution is 2.30. The maximum Gasteiger partial charge on any atom is 0.338 e. The van der Waals surface area contributed by atoms with Crippen LogP contribution in [-0.4, -0.2) is 26.2 Å². The zero-order valence-electron chi connectivity index (χ0n) is 14.8. The molecule has 27 heavy (non-hydrogen) atoms. The molecule has 3 aromatic rings. The Morgan fingerprint density at radius 2 is 1.96 bits per heavy atom. The number of sulfonamides is 1. The van der Waals surface area contributed by atoms with E-state index in [1.54, 1.807) is 24.4 Å². The zero-order valence-corrected chi connectivity index (χ0v) is 16.4. The summed E-state index contributed by atoms with van der Waals surface area (Å²) in [4.78, 5) is 11.7. The third-order valence-corrected chi connectivity index (χ3v) is 6.52. The summed E-state index contributed by atoms with van der Waals surface area (Å²) in [5, 5.41) is 5.62. The molecule has 0 aliphatic heterocycles. The van der Waals surface area contributed by atoms with Gasteiger partial charge in [0.15, 0.2) is 5.76 Å². The molecule has 0 saturated carbocycles. The Kier molecular flexibility index (Phi) is 5.62. The van der Waals surface area contributed by atoms with Gasteiger partial charge in [-0.3, -0.25) is 4.72 Å². The predicted octanol–water partition coefficient (Wildman–Crippen LogP) is 3.94. The smallest absolute Gasteiger partial charge is 0.338 e. The van der Waals surface area contributed by atoms with Crippen LogP contribution in [0.5, 0.6) is 0 Å². The van der Waals surface area contributed by atoms with Crippen LogP contribution in [0.3, 0.4) is 0 Å². The number of nitrogens with one attached hydrogen (secondary N) is 1. The van der Waals surface area contributed by atoms with Gasteiger partial charge in [0.25, 0.3) is 10.0 Å². The van der Waals surface area contributed by atoms with Gasteiger partial charge in [0.2, 0.25) is 0 Å². The molecule has 3 rings (SSSR count). The Hall–Kier alpha value is -2.65. The average Bonchev–Trinajstić information content (AvgIpc) is 3.31. The maximum atomic E-state index is 12.6. The van der Waals surface area contributed by atoms with E-state index < -0.39 is 16.0 Å². The van der Waals surface area contributed by atoms with Gasteiger partial charge < -0.3 is 9.26 Å². The summed E-state index contributed by atoms with van der Waals surface area (Å²) < 4.78 is 38.0. The molecular weight excluding hydrogens is 388 g/mol. The van der Waals surface area contributed by atoms with E-state index in [0.717, 1.165) is 23.5 Å². The molecule has 0 fully saturated rings. The first-order chi connectivity index (χ1) is 12.9. The summed E-state index contributed by atoms with van der Waals surface area (Å²) in [6.07, 6.45) is 0.738. The summed E-state index contributed by atoms with van der Waals surface area (Å²) in [7, 11) is -3.75. The zero-order chi connectivity index (χ0) is 19.4. The van der Waals surface area contributed by atoms with Crippen molar-refractivity contribution in [3.05, 3.63) is 53.0 Å². The van der Waals surface area contributed by atoms with Crippen molar-refractivity contribution in [2.75, 3.05) is 11.3 Å². The fraction of sp³-hybridized carbons (Fsp3) is 0.222. The number of rotatable bonds is 7. The molecule has 2 aromatic heterocycles. The number of carbonyl (C=O) groups excluding carboxylic acids is 1. The lowest BCUT2D eigenvalue weighted by Gasteiger charge is -2.07. The molecule has 2 heterocycles. The van der Waals surface area contributed by atoms with Crippen LogP contribution >= 0.6 is 11.3 Å². The van der Waals surface area contributed by atoms with E-state index >= 15 is 0 Å². The first kappa shape index (κ1) is 19.1. The van der Waals surface area contributed by atoms with Gasteiger partial charge in [-0.25, -0.2) is 13.2 Å². The Labute approximate surface area is 161 Å². The number of ether oxygens (including phenoxy) is 1. The molecule has 0 spiro atoms. The summed E-state index contributed by atoms with van der Waals surface area (Å²) in [6.45, 7) is 3.96. The first-order valence-electron chi connectivity index (χ1n) is 8.27. The number of nitrogens with zero attached hydrogens (tertiary/aromatic N) is 1. The van der Waals surface area contributed by atoms with Crippen molar-refractivity contribution in [2.24, 2.45) is 0 Å². The lowest BCUT2D eigenvalue weighted by atomic mass is 10.2. The number of esters is 1. The highest BCUT2D eigenvalue weighted by atomic mass is 32.2. The van der Waals surface area contributed by atoms with Crippen LogP contribution in [0, 0.1) is 0 Å². The van der Waals surface area contributed by atoms with E-state index in [0.29, 0.717) is 22.6 Å². The molecule has 142 valence electrons. The van der Waals surface area contributed by atoms with Gasteiger partial charge in [0.05, 0.1) is 17.9 Å². The van der Waals surface area contributed by atoms with Gasteiger partial charge in [0, 0.05) is 22.7 Å². The Morgan fingerprint density at radius 1 is 1.22 bits per heavy atom. The summed E-state index contributed by atoms with van der Waals surface area (Å²) in [6, 6.07) is 9.39. The molecule has 1 aromatic carbocycles. The normalized spacial score (nSPS) is 11.3. The number of hydrogen-bond donors (Lipinski definition) is 1. The molecule has 0 radical (unpaired) electrons. The van der Waals surface area contributed by atoms with Crippen LogP contribution in [0.25, 0.3) is 11.3 Å². The molecule has 0 amide bonds. The lowest BCUT2D eigenvalue weighted by molar-refractivity contribution is 0.0526. The molecule has 0 saturated heterocycles.